The average molecular weight is 448 g/mol. The third-order valence-corrected chi connectivity index (χ3v) is 6.57. The molecule has 1 aliphatic carbocycles. The Morgan fingerprint density at radius 2 is 1.61 bits per heavy atom. The summed E-state index contributed by atoms with van der Waals surface area (Å²) in [6, 6.07) is 10.5. The Labute approximate surface area is 181 Å². The second kappa shape index (κ2) is 10.4. The topological polar surface area (TPSA) is 104 Å². The zero-order chi connectivity index (χ0) is 22.3. The van der Waals surface area contributed by atoms with Crippen molar-refractivity contribution in [2.45, 2.75) is 37.0 Å². The van der Waals surface area contributed by atoms with Gasteiger partial charge in [0.05, 0.1) is 4.90 Å². The van der Waals surface area contributed by atoms with Gasteiger partial charge in [-0.15, -0.1) is 0 Å². The number of hydrogen-bond acceptors (Lipinski definition) is 4. The number of nitrogens with one attached hydrogen (secondary N) is 3. The molecule has 0 spiro atoms. The summed E-state index contributed by atoms with van der Waals surface area (Å²) in [5.41, 5.74) is 0.394. The summed E-state index contributed by atoms with van der Waals surface area (Å²) in [6.07, 6.45) is 5.14. The number of anilines is 1. The maximum absolute atomic E-state index is 13.0. The summed E-state index contributed by atoms with van der Waals surface area (Å²) in [6.45, 7) is 0.549. The first-order chi connectivity index (χ1) is 14.8. The van der Waals surface area contributed by atoms with Gasteiger partial charge < -0.3 is 10.6 Å². The number of sulfonamides is 1. The van der Waals surface area contributed by atoms with Crippen LogP contribution >= 0.6 is 0 Å². The minimum Gasteiger partial charge on any atom is -0.354 e. The lowest BCUT2D eigenvalue weighted by atomic mass is 9.89. The fraction of sp³-hybridized carbons (Fsp3) is 0.364. The first-order valence-electron chi connectivity index (χ1n) is 10.3. The Morgan fingerprint density at radius 3 is 2.32 bits per heavy atom. The molecule has 2 aromatic carbocycles. The van der Waals surface area contributed by atoms with Gasteiger partial charge in [-0.2, -0.15) is 0 Å². The minimum atomic E-state index is -3.94. The van der Waals surface area contributed by atoms with Gasteiger partial charge in [-0.1, -0.05) is 25.3 Å². The molecule has 7 nitrogen and oxygen atoms in total. The Morgan fingerprint density at radius 1 is 0.935 bits per heavy atom. The number of carbonyl (C=O) groups excluding carboxylic acids is 2. The van der Waals surface area contributed by atoms with Crippen LogP contribution in [0.1, 0.15) is 42.5 Å². The third-order valence-electron chi connectivity index (χ3n) is 5.19. The van der Waals surface area contributed by atoms with Crippen LogP contribution in [-0.4, -0.2) is 33.3 Å². The summed E-state index contributed by atoms with van der Waals surface area (Å²) in [5, 5.41) is 5.52. The van der Waals surface area contributed by atoms with E-state index >= 15 is 0 Å². The van der Waals surface area contributed by atoms with Gasteiger partial charge in [-0.25, -0.2) is 12.8 Å². The maximum Gasteiger partial charge on any atom is 0.261 e. The summed E-state index contributed by atoms with van der Waals surface area (Å²) < 4.78 is 40.5. The van der Waals surface area contributed by atoms with Gasteiger partial charge >= 0.3 is 0 Å². The average Bonchev–Trinajstić information content (AvgIpc) is 2.78. The van der Waals surface area contributed by atoms with E-state index in [2.05, 4.69) is 15.4 Å². The predicted octanol–water partition coefficient (Wildman–Crippen LogP) is 3.05. The predicted molar refractivity (Wildman–Crippen MR) is 116 cm³/mol. The molecule has 3 N–H and O–H groups in total. The molecule has 0 saturated heterocycles. The fourth-order valence-electron chi connectivity index (χ4n) is 3.51. The van der Waals surface area contributed by atoms with Crippen molar-refractivity contribution < 1.29 is 22.4 Å². The SMILES string of the molecule is O=C(NCCNC(=O)C1CCCCC1)c1cccc(S(=O)(=O)Nc2ccc(F)cc2)c1. The largest absolute Gasteiger partial charge is 0.354 e. The van der Waals surface area contributed by atoms with Crippen LogP contribution in [0.25, 0.3) is 0 Å². The van der Waals surface area contributed by atoms with E-state index in [1.807, 2.05) is 0 Å². The second-order valence-corrected chi connectivity index (χ2v) is 9.20. The summed E-state index contributed by atoms with van der Waals surface area (Å²) >= 11 is 0. The summed E-state index contributed by atoms with van der Waals surface area (Å²) in [7, 11) is -3.94. The second-order valence-electron chi connectivity index (χ2n) is 7.52. The van der Waals surface area contributed by atoms with E-state index in [-0.39, 0.29) is 34.5 Å². The third kappa shape index (κ3) is 6.52. The van der Waals surface area contributed by atoms with E-state index in [1.54, 1.807) is 0 Å². The van der Waals surface area contributed by atoms with Crippen LogP contribution in [0.2, 0.25) is 0 Å². The van der Waals surface area contributed by atoms with Crippen molar-refractivity contribution in [3.05, 3.63) is 59.9 Å². The van der Waals surface area contributed by atoms with E-state index < -0.39 is 21.7 Å². The van der Waals surface area contributed by atoms with Crippen LogP contribution in [0.15, 0.2) is 53.4 Å². The monoisotopic (exact) mass is 447 g/mol. The normalized spacial score (nSPS) is 14.6. The Kier molecular flexibility index (Phi) is 7.62. The fourth-order valence-corrected chi connectivity index (χ4v) is 4.61. The summed E-state index contributed by atoms with van der Waals surface area (Å²) in [5.74, 6) is -0.837. The van der Waals surface area contributed by atoms with Crippen LogP contribution in [0, 0.1) is 11.7 Å². The molecular formula is C22H26FN3O4S. The molecule has 166 valence electrons. The molecule has 0 radical (unpaired) electrons. The van der Waals surface area contributed by atoms with E-state index in [1.165, 1.54) is 42.8 Å². The quantitative estimate of drug-likeness (QED) is 0.541. The number of rotatable bonds is 8. The molecule has 2 aromatic rings. The first kappa shape index (κ1) is 22.7. The molecule has 1 aliphatic rings. The highest BCUT2D eigenvalue weighted by Gasteiger charge is 2.20. The van der Waals surface area contributed by atoms with Crippen LogP contribution < -0.4 is 15.4 Å². The van der Waals surface area contributed by atoms with Gasteiger partial charge in [0.25, 0.3) is 15.9 Å². The van der Waals surface area contributed by atoms with Crippen molar-refractivity contribution >= 4 is 27.5 Å². The highest BCUT2D eigenvalue weighted by molar-refractivity contribution is 7.92. The molecular weight excluding hydrogens is 421 g/mol. The highest BCUT2D eigenvalue weighted by Crippen LogP contribution is 2.23. The maximum atomic E-state index is 13.0. The number of benzene rings is 2. The lowest BCUT2D eigenvalue weighted by molar-refractivity contribution is -0.125. The zero-order valence-corrected chi connectivity index (χ0v) is 17.9. The zero-order valence-electron chi connectivity index (χ0n) is 17.1. The summed E-state index contributed by atoms with van der Waals surface area (Å²) in [4.78, 5) is 24.4. The Balaban J connectivity index is 1.53. The standard InChI is InChI=1S/C22H26FN3O4S/c23-18-9-11-19(12-10-18)26-31(29,30)20-8-4-7-17(15-20)22(28)25-14-13-24-21(27)16-5-2-1-3-6-16/h4,7-12,15-16,26H,1-3,5-6,13-14H2,(H,24,27)(H,25,28). The van der Waals surface area contributed by atoms with Crippen molar-refractivity contribution in [2.75, 3.05) is 17.8 Å². The van der Waals surface area contributed by atoms with Crippen molar-refractivity contribution in [1.29, 1.82) is 0 Å². The van der Waals surface area contributed by atoms with Gasteiger partial charge in [0.2, 0.25) is 5.91 Å². The van der Waals surface area contributed by atoms with Crippen LogP contribution in [0.5, 0.6) is 0 Å². The molecule has 3 rings (SSSR count). The van der Waals surface area contributed by atoms with Gasteiger partial charge in [0.1, 0.15) is 5.82 Å². The first-order valence-corrected chi connectivity index (χ1v) is 11.8. The van der Waals surface area contributed by atoms with Crippen molar-refractivity contribution in [3.63, 3.8) is 0 Å². The van der Waals surface area contributed by atoms with Crippen molar-refractivity contribution in [2.24, 2.45) is 5.92 Å². The Hall–Kier alpha value is -2.94. The van der Waals surface area contributed by atoms with Gasteiger partial charge in [0.15, 0.2) is 0 Å². The number of hydrogen-bond donors (Lipinski definition) is 3. The highest BCUT2D eigenvalue weighted by atomic mass is 32.2. The minimum absolute atomic E-state index is 0.0221. The van der Waals surface area contributed by atoms with Crippen LogP contribution in [0.4, 0.5) is 10.1 Å². The molecule has 0 atom stereocenters. The van der Waals surface area contributed by atoms with Gasteiger partial charge in [0, 0.05) is 30.3 Å². The molecule has 0 aliphatic heterocycles. The molecule has 1 saturated carbocycles. The lowest BCUT2D eigenvalue weighted by Crippen LogP contribution is -2.38. The van der Waals surface area contributed by atoms with E-state index in [0.29, 0.717) is 6.54 Å². The molecule has 31 heavy (non-hydrogen) atoms. The molecule has 0 heterocycles. The lowest BCUT2D eigenvalue weighted by Gasteiger charge is -2.20. The smallest absolute Gasteiger partial charge is 0.261 e. The number of halogens is 1. The van der Waals surface area contributed by atoms with Crippen LogP contribution in [0.3, 0.4) is 0 Å². The van der Waals surface area contributed by atoms with E-state index in [9.17, 15) is 22.4 Å². The van der Waals surface area contributed by atoms with Gasteiger partial charge in [-0.3, -0.25) is 14.3 Å². The molecule has 2 amide bonds. The van der Waals surface area contributed by atoms with E-state index in [4.69, 9.17) is 0 Å². The number of carbonyl (C=O) groups is 2. The van der Waals surface area contributed by atoms with Gasteiger partial charge in [-0.05, 0) is 55.3 Å². The Bertz CT molecular complexity index is 1020. The van der Waals surface area contributed by atoms with Crippen LogP contribution in [-0.2, 0) is 14.8 Å². The molecule has 0 unspecified atom stereocenters. The molecule has 0 bridgehead atoms. The number of amides is 2. The van der Waals surface area contributed by atoms with Crippen molar-refractivity contribution in [1.82, 2.24) is 10.6 Å². The molecule has 0 aromatic heterocycles. The molecule has 1 fully saturated rings. The van der Waals surface area contributed by atoms with Crippen molar-refractivity contribution in [3.8, 4) is 0 Å². The van der Waals surface area contributed by atoms with E-state index in [0.717, 1.165) is 37.8 Å². The molecule has 9 heteroatoms.